The standard InChI is InChI=1S/C15H23FN2O/c1-10-3-5-12(7-10)14(18-17)9-11-4-6-15(19-2)13(16)8-11/h4,6,8,10,12,14,18H,3,5,7,9,17H2,1-2H3. The molecule has 1 aromatic rings. The van der Waals surface area contributed by atoms with Gasteiger partial charge in [0, 0.05) is 6.04 Å². The first-order chi connectivity index (χ1) is 9.13. The monoisotopic (exact) mass is 266 g/mol. The number of hydrazine groups is 1. The second kappa shape index (κ2) is 6.35. The molecular formula is C15H23FN2O. The Balaban J connectivity index is 2.03. The molecule has 1 aliphatic rings. The van der Waals surface area contributed by atoms with E-state index in [-0.39, 0.29) is 17.6 Å². The number of rotatable bonds is 5. The molecule has 3 nitrogen and oxygen atoms in total. The quantitative estimate of drug-likeness (QED) is 0.636. The van der Waals surface area contributed by atoms with Gasteiger partial charge in [0.15, 0.2) is 11.6 Å². The zero-order valence-electron chi connectivity index (χ0n) is 11.7. The third-order valence-corrected chi connectivity index (χ3v) is 4.19. The average molecular weight is 266 g/mol. The van der Waals surface area contributed by atoms with Gasteiger partial charge in [-0.3, -0.25) is 11.3 Å². The number of benzene rings is 1. The summed E-state index contributed by atoms with van der Waals surface area (Å²) in [6, 6.07) is 5.35. The Morgan fingerprint density at radius 1 is 1.47 bits per heavy atom. The molecule has 1 saturated carbocycles. The van der Waals surface area contributed by atoms with Crippen molar-refractivity contribution in [2.75, 3.05) is 7.11 Å². The molecule has 3 N–H and O–H groups in total. The molecule has 1 fully saturated rings. The molecule has 0 heterocycles. The third-order valence-electron chi connectivity index (χ3n) is 4.19. The molecule has 0 aromatic heterocycles. The third kappa shape index (κ3) is 3.45. The van der Waals surface area contributed by atoms with Crippen molar-refractivity contribution in [3.63, 3.8) is 0 Å². The minimum atomic E-state index is -0.310. The Morgan fingerprint density at radius 2 is 2.26 bits per heavy atom. The fourth-order valence-corrected chi connectivity index (χ4v) is 3.07. The lowest BCUT2D eigenvalue weighted by molar-refractivity contribution is 0.351. The van der Waals surface area contributed by atoms with Crippen LogP contribution in [-0.2, 0) is 6.42 Å². The maximum Gasteiger partial charge on any atom is 0.165 e. The van der Waals surface area contributed by atoms with Crippen LogP contribution in [0.4, 0.5) is 4.39 Å². The number of hydrogen-bond acceptors (Lipinski definition) is 3. The van der Waals surface area contributed by atoms with E-state index in [1.165, 1.54) is 26.4 Å². The van der Waals surface area contributed by atoms with Gasteiger partial charge in [-0.2, -0.15) is 0 Å². The predicted octanol–water partition coefficient (Wildman–Crippen LogP) is 2.64. The molecule has 0 aliphatic heterocycles. The molecule has 3 unspecified atom stereocenters. The lowest BCUT2D eigenvalue weighted by Gasteiger charge is -2.23. The van der Waals surface area contributed by atoms with Crippen LogP contribution in [0, 0.1) is 17.7 Å². The number of nitrogens with two attached hydrogens (primary N) is 1. The fourth-order valence-electron chi connectivity index (χ4n) is 3.07. The van der Waals surface area contributed by atoms with E-state index in [0.717, 1.165) is 17.9 Å². The van der Waals surface area contributed by atoms with Crippen LogP contribution in [-0.4, -0.2) is 13.2 Å². The minimum Gasteiger partial charge on any atom is -0.494 e. The van der Waals surface area contributed by atoms with Crippen LogP contribution in [0.2, 0.25) is 0 Å². The van der Waals surface area contributed by atoms with Crippen molar-refractivity contribution in [1.29, 1.82) is 0 Å². The zero-order chi connectivity index (χ0) is 13.8. The molecule has 106 valence electrons. The lowest BCUT2D eigenvalue weighted by Crippen LogP contribution is -2.41. The van der Waals surface area contributed by atoms with E-state index in [4.69, 9.17) is 10.6 Å². The van der Waals surface area contributed by atoms with Gasteiger partial charge in [-0.25, -0.2) is 4.39 Å². The molecule has 1 aliphatic carbocycles. The van der Waals surface area contributed by atoms with Gasteiger partial charge in [-0.05, 0) is 48.8 Å². The van der Waals surface area contributed by atoms with E-state index in [0.29, 0.717) is 5.92 Å². The number of hydrogen-bond donors (Lipinski definition) is 2. The summed E-state index contributed by atoms with van der Waals surface area (Å²) in [4.78, 5) is 0. The van der Waals surface area contributed by atoms with Crippen LogP contribution in [0.1, 0.15) is 31.7 Å². The SMILES string of the molecule is COc1ccc(CC(NN)C2CCC(C)C2)cc1F. The summed E-state index contributed by atoms with van der Waals surface area (Å²) in [5, 5.41) is 0. The Bertz CT molecular complexity index is 425. The number of nitrogens with one attached hydrogen (secondary N) is 1. The average Bonchev–Trinajstić information content (AvgIpc) is 2.82. The molecule has 2 rings (SSSR count). The highest BCUT2D eigenvalue weighted by Crippen LogP contribution is 2.33. The molecule has 0 amide bonds. The molecule has 1 aromatic carbocycles. The molecule has 0 bridgehead atoms. The highest BCUT2D eigenvalue weighted by atomic mass is 19.1. The second-order valence-corrected chi connectivity index (χ2v) is 5.62. The van der Waals surface area contributed by atoms with Crippen LogP contribution >= 0.6 is 0 Å². The minimum absolute atomic E-state index is 0.220. The number of methoxy groups -OCH3 is 1. The van der Waals surface area contributed by atoms with E-state index < -0.39 is 0 Å². The van der Waals surface area contributed by atoms with Gasteiger partial charge in [0.1, 0.15) is 0 Å². The zero-order valence-corrected chi connectivity index (χ0v) is 11.7. The lowest BCUT2D eigenvalue weighted by atomic mass is 9.92. The Labute approximate surface area is 114 Å². The smallest absolute Gasteiger partial charge is 0.165 e. The first-order valence-corrected chi connectivity index (χ1v) is 6.92. The molecule has 4 heteroatoms. The topological polar surface area (TPSA) is 47.3 Å². The predicted molar refractivity (Wildman–Crippen MR) is 74.3 cm³/mol. The van der Waals surface area contributed by atoms with Gasteiger partial charge in [0.25, 0.3) is 0 Å². The van der Waals surface area contributed by atoms with Crippen molar-refractivity contribution in [3.05, 3.63) is 29.6 Å². The highest BCUT2D eigenvalue weighted by molar-refractivity contribution is 5.29. The van der Waals surface area contributed by atoms with E-state index >= 15 is 0 Å². The second-order valence-electron chi connectivity index (χ2n) is 5.62. The Kier molecular flexibility index (Phi) is 4.77. The van der Waals surface area contributed by atoms with Crippen molar-refractivity contribution in [2.45, 2.75) is 38.6 Å². The summed E-state index contributed by atoms with van der Waals surface area (Å²) in [5.74, 6) is 7.01. The van der Waals surface area contributed by atoms with Crippen LogP contribution < -0.4 is 16.0 Å². The first-order valence-electron chi connectivity index (χ1n) is 6.92. The van der Waals surface area contributed by atoms with Crippen LogP contribution in [0.3, 0.4) is 0 Å². The normalized spacial score (nSPS) is 24.4. The van der Waals surface area contributed by atoms with E-state index in [1.807, 2.05) is 6.07 Å². The Morgan fingerprint density at radius 3 is 2.79 bits per heavy atom. The summed E-state index contributed by atoms with van der Waals surface area (Å²) in [6.45, 7) is 2.28. The summed E-state index contributed by atoms with van der Waals surface area (Å²) < 4.78 is 18.6. The van der Waals surface area contributed by atoms with Crippen LogP contribution in [0.15, 0.2) is 18.2 Å². The van der Waals surface area contributed by atoms with E-state index in [9.17, 15) is 4.39 Å². The molecule has 19 heavy (non-hydrogen) atoms. The van der Waals surface area contributed by atoms with Gasteiger partial charge in [-0.15, -0.1) is 0 Å². The van der Waals surface area contributed by atoms with Crippen LogP contribution in [0.5, 0.6) is 5.75 Å². The van der Waals surface area contributed by atoms with E-state index in [2.05, 4.69) is 12.3 Å². The molecule has 3 atom stereocenters. The molecular weight excluding hydrogens is 243 g/mol. The van der Waals surface area contributed by atoms with Crippen molar-refractivity contribution < 1.29 is 9.13 Å². The van der Waals surface area contributed by atoms with E-state index in [1.54, 1.807) is 12.1 Å². The fraction of sp³-hybridized carbons (Fsp3) is 0.600. The molecule has 0 spiro atoms. The molecule has 0 radical (unpaired) electrons. The maximum atomic E-state index is 13.7. The van der Waals surface area contributed by atoms with Crippen molar-refractivity contribution >= 4 is 0 Å². The van der Waals surface area contributed by atoms with Crippen molar-refractivity contribution in [1.82, 2.24) is 5.43 Å². The van der Waals surface area contributed by atoms with Crippen molar-refractivity contribution in [2.24, 2.45) is 17.7 Å². The van der Waals surface area contributed by atoms with Gasteiger partial charge >= 0.3 is 0 Å². The van der Waals surface area contributed by atoms with Gasteiger partial charge < -0.3 is 4.74 Å². The summed E-state index contributed by atoms with van der Waals surface area (Å²) in [6.07, 6.45) is 4.43. The summed E-state index contributed by atoms with van der Waals surface area (Å²) >= 11 is 0. The van der Waals surface area contributed by atoms with Gasteiger partial charge in [-0.1, -0.05) is 19.4 Å². The molecule has 0 saturated heterocycles. The number of ether oxygens (including phenoxy) is 1. The Hall–Kier alpha value is -1.13. The van der Waals surface area contributed by atoms with Crippen molar-refractivity contribution in [3.8, 4) is 5.75 Å². The van der Waals surface area contributed by atoms with Gasteiger partial charge in [0.05, 0.1) is 7.11 Å². The maximum absolute atomic E-state index is 13.7. The highest BCUT2D eigenvalue weighted by Gasteiger charge is 2.28. The van der Waals surface area contributed by atoms with Gasteiger partial charge in [0.2, 0.25) is 0 Å². The summed E-state index contributed by atoms with van der Waals surface area (Å²) in [5.41, 5.74) is 3.87. The van der Waals surface area contributed by atoms with Crippen LogP contribution in [0.25, 0.3) is 0 Å². The first kappa shape index (κ1) is 14.3. The largest absolute Gasteiger partial charge is 0.494 e. The summed E-state index contributed by atoms with van der Waals surface area (Å²) in [7, 11) is 1.47. The number of halogens is 1.